The molecule has 1 aliphatic rings. The van der Waals surface area contributed by atoms with Crippen molar-refractivity contribution in [1.82, 2.24) is 0 Å². The van der Waals surface area contributed by atoms with E-state index in [2.05, 4.69) is 30.7 Å². The van der Waals surface area contributed by atoms with Gasteiger partial charge in [-0.3, -0.25) is 4.79 Å². The van der Waals surface area contributed by atoms with Crippen molar-refractivity contribution in [2.45, 2.75) is 42.4 Å². The maximum absolute atomic E-state index is 12.1. The van der Waals surface area contributed by atoms with Crippen LogP contribution in [0.4, 0.5) is 0 Å². The molecule has 0 amide bonds. The molecule has 1 aliphatic heterocycles. The standard InChI is InChI=1S/C13H18OS3/c1-9-10(2)17-13(8-16-9)12(14)4-3-11-5-6-15-7-11/h5-7,9-10,13H,3-4,8H2,1-2H3. The normalized spacial score (nSPS) is 29.2. The van der Waals surface area contributed by atoms with Crippen LogP contribution in [-0.2, 0) is 11.2 Å². The third-order valence-corrected chi connectivity index (χ3v) is 7.32. The van der Waals surface area contributed by atoms with E-state index in [1.165, 1.54) is 5.56 Å². The van der Waals surface area contributed by atoms with Crippen LogP contribution in [0.25, 0.3) is 0 Å². The van der Waals surface area contributed by atoms with E-state index in [1.54, 1.807) is 11.3 Å². The molecule has 0 spiro atoms. The molecule has 0 radical (unpaired) electrons. The van der Waals surface area contributed by atoms with Gasteiger partial charge in [0.1, 0.15) is 5.78 Å². The van der Waals surface area contributed by atoms with E-state index in [0.29, 0.717) is 22.7 Å². The van der Waals surface area contributed by atoms with Crippen molar-refractivity contribution in [3.63, 3.8) is 0 Å². The minimum atomic E-state index is 0.227. The fraction of sp³-hybridized carbons (Fsp3) is 0.615. The Kier molecular flexibility index (Phi) is 5.00. The summed E-state index contributed by atoms with van der Waals surface area (Å²) in [4.78, 5) is 12.1. The zero-order valence-corrected chi connectivity index (χ0v) is 12.7. The Morgan fingerprint density at radius 3 is 2.88 bits per heavy atom. The first-order valence-electron chi connectivity index (χ1n) is 5.97. The lowest BCUT2D eigenvalue weighted by molar-refractivity contribution is -0.118. The monoisotopic (exact) mass is 286 g/mol. The van der Waals surface area contributed by atoms with Gasteiger partial charge in [-0.25, -0.2) is 0 Å². The van der Waals surface area contributed by atoms with E-state index in [9.17, 15) is 4.79 Å². The Balaban J connectivity index is 1.80. The number of aryl methyl sites for hydroxylation is 1. The number of hydrogen-bond acceptors (Lipinski definition) is 4. The smallest absolute Gasteiger partial charge is 0.146 e. The van der Waals surface area contributed by atoms with Crippen LogP contribution in [0.15, 0.2) is 16.8 Å². The largest absolute Gasteiger partial charge is 0.298 e. The molecule has 94 valence electrons. The molecule has 1 aromatic rings. The lowest BCUT2D eigenvalue weighted by Gasteiger charge is -2.30. The predicted octanol–water partition coefficient (Wildman–Crippen LogP) is 3.88. The summed E-state index contributed by atoms with van der Waals surface area (Å²) in [6.07, 6.45) is 1.62. The van der Waals surface area contributed by atoms with Crippen molar-refractivity contribution >= 4 is 40.6 Å². The predicted molar refractivity (Wildman–Crippen MR) is 80.4 cm³/mol. The van der Waals surface area contributed by atoms with Crippen LogP contribution in [0.1, 0.15) is 25.8 Å². The molecule has 2 heterocycles. The number of carbonyl (C=O) groups excluding carboxylic acids is 1. The first-order chi connectivity index (χ1) is 8.16. The summed E-state index contributed by atoms with van der Waals surface area (Å²) in [6, 6.07) is 2.12. The van der Waals surface area contributed by atoms with Crippen molar-refractivity contribution < 1.29 is 4.79 Å². The van der Waals surface area contributed by atoms with Crippen LogP contribution in [0.3, 0.4) is 0 Å². The van der Waals surface area contributed by atoms with Gasteiger partial charge in [0.15, 0.2) is 0 Å². The maximum atomic E-state index is 12.1. The molecule has 1 aromatic heterocycles. The van der Waals surface area contributed by atoms with Crippen LogP contribution < -0.4 is 0 Å². The summed E-state index contributed by atoms with van der Waals surface area (Å²) in [6.45, 7) is 4.50. The lowest BCUT2D eigenvalue weighted by atomic mass is 10.1. The van der Waals surface area contributed by atoms with Gasteiger partial charge in [0.2, 0.25) is 0 Å². The second-order valence-electron chi connectivity index (χ2n) is 4.47. The summed E-state index contributed by atoms with van der Waals surface area (Å²) < 4.78 is 0. The molecule has 1 nitrogen and oxygen atoms in total. The highest BCUT2D eigenvalue weighted by atomic mass is 32.2. The number of thioether (sulfide) groups is 2. The fourth-order valence-corrected chi connectivity index (χ4v) is 5.44. The van der Waals surface area contributed by atoms with Gasteiger partial charge in [-0.2, -0.15) is 23.1 Å². The Morgan fingerprint density at radius 2 is 2.24 bits per heavy atom. The molecule has 0 aliphatic carbocycles. The SMILES string of the molecule is CC1SCC(C(=O)CCc2ccsc2)SC1C. The minimum Gasteiger partial charge on any atom is -0.298 e. The van der Waals surface area contributed by atoms with Gasteiger partial charge in [0.25, 0.3) is 0 Å². The number of hydrogen-bond donors (Lipinski definition) is 0. The van der Waals surface area contributed by atoms with Crippen LogP contribution in [-0.4, -0.2) is 27.3 Å². The van der Waals surface area contributed by atoms with Gasteiger partial charge in [-0.15, -0.1) is 11.8 Å². The third kappa shape index (κ3) is 3.76. The summed E-state index contributed by atoms with van der Waals surface area (Å²) in [5.74, 6) is 1.44. The van der Waals surface area contributed by atoms with Gasteiger partial charge in [-0.1, -0.05) is 13.8 Å². The van der Waals surface area contributed by atoms with Crippen molar-refractivity contribution in [3.8, 4) is 0 Å². The Labute approximate surface area is 116 Å². The molecule has 0 saturated carbocycles. The molecule has 0 N–H and O–H groups in total. The highest BCUT2D eigenvalue weighted by molar-refractivity contribution is 8.08. The summed E-state index contributed by atoms with van der Waals surface area (Å²) in [5, 5.41) is 5.73. The molecule has 2 rings (SSSR count). The van der Waals surface area contributed by atoms with Crippen LogP contribution in [0.5, 0.6) is 0 Å². The second-order valence-corrected chi connectivity index (χ2v) is 8.24. The first-order valence-corrected chi connectivity index (χ1v) is 8.91. The van der Waals surface area contributed by atoms with Gasteiger partial charge >= 0.3 is 0 Å². The zero-order valence-electron chi connectivity index (χ0n) is 10.2. The van der Waals surface area contributed by atoms with Crippen molar-refractivity contribution in [1.29, 1.82) is 0 Å². The van der Waals surface area contributed by atoms with Crippen molar-refractivity contribution in [3.05, 3.63) is 22.4 Å². The van der Waals surface area contributed by atoms with E-state index in [0.717, 1.165) is 12.2 Å². The third-order valence-electron chi connectivity index (χ3n) is 3.15. The lowest BCUT2D eigenvalue weighted by Crippen LogP contribution is -2.31. The van der Waals surface area contributed by atoms with Crippen LogP contribution in [0, 0.1) is 0 Å². The van der Waals surface area contributed by atoms with E-state index in [-0.39, 0.29) is 5.25 Å². The highest BCUT2D eigenvalue weighted by Crippen LogP contribution is 2.36. The van der Waals surface area contributed by atoms with Gasteiger partial charge < -0.3 is 0 Å². The van der Waals surface area contributed by atoms with E-state index in [4.69, 9.17) is 0 Å². The Morgan fingerprint density at radius 1 is 1.41 bits per heavy atom. The van der Waals surface area contributed by atoms with E-state index >= 15 is 0 Å². The topological polar surface area (TPSA) is 17.1 Å². The highest BCUT2D eigenvalue weighted by Gasteiger charge is 2.29. The van der Waals surface area contributed by atoms with Gasteiger partial charge in [0.05, 0.1) is 5.25 Å². The molecule has 4 heteroatoms. The number of ketones is 1. The molecule has 3 atom stereocenters. The first kappa shape index (κ1) is 13.5. The number of rotatable bonds is 4. The average Bonchev–Trinajstić information content (AvgIpc) is 2.82. The summed E-state index contributed by atoms with van der Waals surface area (Å²) >= 11 is 5.53. The Hall–Kier alpha value is 0.0700. The number of thiophene rings is 1. The molecule has 0 bridgehead atoms. The minimum absolute atomic E-state index is 0.227. The Bertz CT molecular complexity index is 361. The molecular formula is C13H18OS3. The molecule has 0 aromatic carbocycles. The molecule has 3 unspecified atom stereocenters. The molecule has 17 heavy (non-hydrogen) atoms. The summed E-state index contributed by atoms with van der Waals surface area (Å²) in [7, 11) is 0. The van der Waals surface area contributed by atoms with E-state index < -0.39 is 0 Å². The zero-order chi connectivity index (χ0) is 12.3. The van der Waals surface area contributed by atoms with Gasteiger partial charge in [0, 0.05) is 22.7 Å². The maximum Gasteiger partial charge on any atom is 0.146 e. The van der Waals surface area contributed by atoms with E-state index in [1.807, 2.05) is 23.5 Å². The number of Topliss-reactive ketones (excluding diaryl/α,β-unsaturated/α-hetero) is 1. The quantitative estimate of drug-likeness (QED) is 0.836. The summed E-state index contributed by atoms with van der Waals surface area (Å²) in [5.41, 5.74) is 1.30. The fourth-order valence-electron chi connectivity index (χ4n) is 1.82. The molecule has 1 saturated heterocycles. The average molecular weight is 286 g/mol. The molecule has 1 fully saturated rings. The van der Waals surface area contributed by atoms with Crippen LogP contribution in [0.2, 0.25) is 0 Å². The van der Waals surface area contributed by atoms with Crippen molar-refractivity contribution in [2.24, 2.45) is 0 Å². The van der Waals surface area contributed by atoms with Gasteiger partial charge in [-0.05, 0) is 28.8 Å². The van der Waals surface area contributed by atoms with Crippen molar-refractivity contribution in [2.75, 3.05) is 5.75 Å². The number of carbonyl (C=O) groups is 1. The van der Waals surface area contributed by atoms with Crippen LogP contribution >= 0.6 is 34.9 Å². The molecular weight excluding hydrogens is 268 g/mol. The second kappa shape index (κ2) is 6.30.